The van der Waals surface area contributed by atoms with Crippen molar-refractivity contribution in [3.63, 3.8) is 0 Å². The minimum atomic E-state index is -0.387. The summed E-state index contributed by atoms with van der Waals surface area (Å²) in [6.07, 6.45) is 0. The Balaban J connectivity index is 2.01. The zero-order valence-corrected chi connectivity index (χ0v) is 15.6. The van der Waals surface area contributed by atoms with Crippen LogP contribution in [0.2, 0.25) is 10.0 Å². The molecule has 0 spiro atoms. The van der Waals surface area contributed by atoms with Gasteiger partial charge in [0.2, 0.25) is 0 Å². The van der Waals surface area contributed by atoms with Crippen LogP contribution in [-0.2, 0) is 4.79 Å². The molecule has 0 saturated heterocycles. The van der Waals surface area contributed by atoms with Crippen molar-refractivity contribution in [2.75, 3.05) is 19.0 Å². The molecule has 5 nitrogen and oxygen atoms in total. The second-order valence-corrected chi connectivity index (χ2v) is 6.39. The molecule has 126 valence electrons. The molecule has 2 N–H and O–H groups in total. The molecule has 2 amide bonds. The first-order chi connectivity index (χ1) is 11.4. The lowest BCUT2D eigenvalue weighted by Crippen LogP contribution is -2.21. The van der Waals surface area contributed by atoms with Crippen LogP contribution in [0.1, 0.15) is 10.4 Å². The van der Waals surface area contributed by atoms with Crippen molar-refractivity contribution in [1.29, 1.82) is 0 Å². The van der Waals surface area contributed by atoms with Gasteiger partial charge in [0.1, 0.15) is 0 Å². The Hall–Kier alpha value is -1.76. The van der Waals surface area contributed by atoms with Crippen LogP contribution in [-0.4, -0.2) is 25.5 Å². The molecule has 24 heavy (non-hydrogen) atoms. The molecule has 0 radical (unpaired) electrons. The van der Waals surface area contributed by atoms with E-state index in [0.29, 0.717) is 31.5 Å². The van der Waals surface area contributed by atoms with Gasteiger partial charge in [0.25, 0.3) is 11.8 Å². The highest BCUT2D eigenvalue weighted by Gasteiger charge is 2.12. The van der Waals surface area contributed by atoms with E-state index in [4.69, 9.17) is 27.9 Å². The van der Waals surface area contributed by atoms with E-state index in [2.05, 4.69) is 26.6 Å². The molecule has 0 aliphatic rings. The molecule has 2 rings (SSSR count). The number of carbonyl (C=O) groups excluding carboxylic acids is 2. The fourth-order valence-electron chi connectivity index (χ4n) is 1.88. The number of nitrogens with one attached hydrogen (secondary N) is 2. The first-order valence-corrected chi connectivity index (χ1v) is 8.35. The highest BCUT2D eigenvalue weighted by molar-refractivity contribution is 9.10. The van der Waals surface area contributed by atoms with Gasteiger partial charge < -0.3 is 15.4 Å². The van der Waals surface area contributed by atoms with Crippen molar-refractivity contribution in [3.8, 4) is 5.75 Å². The molecule has 0 heterocycles. The van der Waals surface area contributed by atoms with E-state index in [-0.39, 0.29) is 18.4 Å². The molecular formula is C16H13BrCl2N2O3. The van der Waals surface area contributed by atoms with Gasteiger partial charge in [-0.1, -0.05) is 29.3 Å². The monoisotopic (exact) mass is 430 g/mol. The lowest BCUT2D eigenvalue weighted by molar-refractivity contribution is -0.118. The quantitative estimate of drug-likeness (QED) is 0.747. The summed E-state index contributed by atoms with van der Waals surface area (Å²) in [5, 5.41) is 5.92. The van der Waals surface area contributed by atoms with Gasteiger partial charge in [0.15, 0.2) is 12.4 Å². The third-order valence-electron chi connectivity index (χ3n) is 2.95. The highest BCUT2D eigenvalue weighted by Crippen LogP contribution is 2.35. The Morgan fingerprint density at radius 3 is 2.62 bits per heavy atom. The summed E-state index contributed by atoms with van der Waals surface area (Å²) in [6, 6.07) is 9.71. The maximum Gasteiger partial charge on any atom is 0.262 e. The standard InChI is InChI=1S/C16H13BrCl2N2O3/c1-20-16(23)9-3-2-4-11(5-9)21-14(22)8-24-15-12(17)6-10(18)7-13(15)19/h2-7H,8H2,1H3,(H,20,23)(H,21,22). The Morgan fingerprint density at radius 2 is 1.96 bits per heavy atom. The Morgan fingerprint density at radius 1 is 1.21 bits per heavy atom. The topological polar surface area (TPSA) is 67.4 Å². The maximum absolute atomic E-state index is 12.0. The van der Waals surface area contributed by atoms with Crippen molar-refractivity contribution in [2.24, 2.45) is 0 Å². The first kappa shape index (κ1) is 18.6. The third-order valence-corrected chi connectivity index (χ3v) is 4.03. The van der Waals surface area contributed by atoms with Crippen molar-refractivity contribution < 1.29 is 14.3 Å². The van der Waals surface area contributed by atoms with Crippen LogP contribution in [0.25, 0.3) is 0 Å². The fourth-order valence-corrected chi connectivity index (χ4v) is 3.25. The van der Waals surface area contributed by atoms with Gasteiger partial charge in [-0.15, -0.1) is 0 Å². The molecule has 0 aromatic heterocycles. The first-order valence-electron chi connectivity index (χ1n) is 6.80. The van der Waals surface area contributed by atoms with Gasteiger partial charge in [0, 0.05) is 23.3 Å². The molecule has 0 fully saturated rings. The Bertz CT molecular complexity index is 761. The van der Waals surface area contributed by atoms with Crippen LogP contribution in [0.4, 0.5) is 5.69 Å². The van der Waals surface area contributed by atoms with Gasteiger partial charge in [0.05, 0.1) is 9.50 Å². The van der Waals surface area contributed by atoms with Crippen LogP contribution in [0.3, 0.4) is 0 Å². The minimum absolute atomic E-state index is 0.237. The van der Waals surface area contributed by atoms with Gasteiger partial charge in [-0.25, -0.2) is 0 Å². The number of anilines is 1. The molecule has 0 aliphatic heterocycles. The molecule has 0 atom stereocenters. The lowest BCUT2D eigenvalue weighted by Gasteiger charge is -2.11. The Kier molecular flexibility index (Phi) is 6.48. The fraction of sp³-hybridized carbons (Fsp3) is 0.125. The molecule has 2 aromatic carbocycles. The zero-order valence-electron chi connectivity index (χ0n) is 12.5. The van der Waals surface area contributed by atoms with Gasteiger partial charge in [-0.3, -0.25) is 9.59 Å². The van der Waals surface area contributed by atoms with Crippen LogP contribution in [0.5, 0.6) is 5.75 Å². The maximum atomic E-state index is 12.0. The average Bonchev–Trinajstić information content (AvgIpc) is 2.53. The molecule has 0 bridgehead atoms. The van der Waals surface area contributed by atoms with E-state index in [9.17, 15) is 9.59 Å². The number of carbonyl (C=O) groups is 2. The molecule has 2 aromatic rings. The zero-order chi connectivity index (χ0) is 17.7. The third kappa shape index (κ3) is 4.87. The average molecular weight is 432 g/mol. The second-order valence-electron chi connectivity index (χ2n) is 4.70. The van der Waals surface area contributed by atoms with E-state index < -0.39 is 0 Å². The van der Waals surface area contributed by atoms with E-state index >= 15 is 0 Å². The molecule has 0 saturated carbocycles. The minimum Gasteiger partial charge on any atom is -0.481 e. The molecular weight excluding hydrogens is 419 g/mol. The van der Waals surface area contributed by atoms with E-state index in [0.717, 1.165) is 0 Å². The summed E-state index contributed by atoms with van der Waals surface area (Å²) in [6.45, 7) is -0.246. The number of amides is 2. The summed E-state index contributed by atoms with van der Waals surface area (Å²) in [5.41, 5.74) is 0.936. The van der Waals surface area contributed by atoms with E-state index in [1.807, 2.05) is 0 Å². The van der Waals surface area contributed by atoms with Crippen LogP contribution < -0.4 is 15.4 Å². The smallest absolute Gasteiger partial charge is 0.262 e. The summed E-state index contributed by atoms with van der Waals surface area (Å²) in [4.78, 5) is 23.6. The normalized spacial score (nSPS) is 10.2. The van der Waals surface area contributed by atoms with Gasteiger partial charge >= 0.3 is 0 Å². The van der Waals surface area contributed by atoms with Gasteiger partial charge in [-0.05, 0) is 46.3 Å². The SMILES string of the molecule is CNC(=O)c1cccc(NC(=O)COc2c(Cl)cc(Cl)cc2Br)c1. The summed E-state index contributed by atoms with van der Waals surface area (Å²) < 4.78 is 5.98. The van der Waals surface area contributed by atoms with Crippen LogP contribution in [0.15, 0.2) is 40.9 Å². The summed E-state index contributed by atoms with van der Waals surface area (Å²) in [5.74, 6) is -0.295. The van der Waals surface area contributed by atoms with Crippen LogP contribution >= 0.6 is 39.1 Å². The van der Waals surface area contributed by atoms with E-state index in [1.54, 1.807) is 30.3 Å². The summed E-state index contributed by atoms with van der Waals surface area (Å²) >= 11 is 15.2. The number of hydrogen-bond donors (Lipinski definition) is 2. The number of hydrogen-bond acceptors (Lipinski definition) is 3. The lowest BCUT2D eigenvalue weighted by atomic mass is 10.2. The number of halogens is 3. The highest BCUT2D eigenvalue weighted by atomic mass is 79.9. The molecule has 0 unspecified atom stereocenters. The largest absolute Gasteiger partial charge is 0.481 e. The number of ether oxygens (including phenoxy) is 1. The predicted octanol–water partition coefficient (Wildman–Crippen LogP) is 4.13. The predicted molar refractivity (Wildman–Crippen MR) is 98.1 cm³/mol. The van der Waals surface area contributed by atoms with Crippen molar-refractivity contribution in [2.45, 2.75) is 0 Å². The van der Waals surface area contributed by atoms with Crippen LogP contribution in [0, 0.1) is 0 Å². The molecule has 8 heteroatoms. The van der Waals surface area contributed by atoms with Gasteiger partial charge in [-0.2, -0.15) is 0 Å². The van der Waals surface area contributed by atoms with Crippen molar-refractivity contribution in [3.05, 3.63) is 56.5 Å². The molecule has 0 aliphatic carbocycles. The van der Waals surface area contributed by atoms with E-state index in [1.165, 1.54) is 13.1 Å². The summed E-state index contributed by atoms with van der Waals surface area (Å²) in [7, 11) is 1.54. The Labute approximate surface area is 157 Å². The van der Waals surface area contributed by atoms with Crippen molar-refractivity contribution >= 4 is 56.6 Å². The van der Waals surface area contributed by atoms with Crippen molar-refractivity contribution in [1.82, 2.24) is 5.32 Å². The number of benzene rings is 2. The second kappa shape index (κ2) is 8.37. The number of rotatable bonds is 5.